The summed E-state index contributed by atoms with van der Waals surface area (Å²) in [5.74, 6) is -0.0716. The second-order valence-electron chi connectivity index (χ2n) is 3.00. The van der Waals surface area contributed by atoms with Crippen LogP contribution in [-0.2, 0) is 0 Å². The van der Waals surface area contributed by atoms with Crippen LogP contribution in [-0.4, -0.2) is 17.9 Å². The van der Waals surface area contributed by atoms with Gasteiger partial charge in [-0.25, -0.2) is 0 Å². The number of rotatable bonds is 1. The molecule has 0 spiro atoms. The molecule has 0 aliphatic heterocycles. The first-order valence-electron chi connectivity index (χ1n) is 4.21. The summed E-state index contributed by atoms with van der Waals surface area (Å²) in [5, 5.41) is 3.68. The van der Waals surface area contributed by atoms with Crippen LogP contribution in [0.5, 0.6) is 0 Å². The second-order valence-corrected chi connectivity index (χ2v) is 3.85. The minimum absolute atomic E-state index is 0.0716. The number of amides is 1. The van der Waals surface area contributed by atoms with E-state index in [-0.39, 0.29) is 5.91 Å². The van der Waals surface area contributed by atoms with E-state index in [2.05, 4.69) is 26.2 Å². The van der Waals surface area contributed by atoms with Gasteiger partial charge in [-0.05, 0) is 34.1 Å². The number of hydrogen-bond donors (Lipinski definition) is 2. The van der Waals surface area contributed by atoms with Crippen LogP contribution >= 0.6 is 15.9 Å². The molecule has 2 rings (SSSR count). The van der Waals surface area contributed by atoms with Gasteiger partial charge < -0.3 is 10.3 Å². The van der Waals surface area contributed by atoms with Gasteiger partial charge in [0.2, 0.25) is 0 Å². The maximum atomic E-state index is 11.3. The van der Waals surface area contributed by atoms with Crippen LogP contribution in [0, 0.1) is 0 Å². The summed E-state index contributed by atoms with van der Waals surface area (Å²) >= 11 is 3.35. The van der Waals surface area contributed by atoms with Crippen LogP contribution in [0.2, 0.25) is 0 Å². The number of H-pyrrole nitrogens is 1. The van der Waals surface area contributed by atoms with Gasteiger partial charge in [0.1, 0.15) is 0 Å². The molecule has 14 heavy (non-hydrogen) atoms. The van der Waals surface area contributed by atoms with Crippen LogP contribution in [0.15, 0.2) is 28.9 Å². The Balaban J connectivity index is 2.55. The van der Waals surface area contributed by atoms with E-state index in [0.717, 1.165) is 15.5 Å². The summed E-state index contributed by atoms with van der Waals surface area (Å²) in [5.41, 5.74) is 1.62. The standard InChI is InChI=1S/C10H9BrN2O/c1-12-10(14)7-3-2-6-5-9(11)13-8(6)4-7/h2-5,13H,1H3,(H,12,14). The predicted molar refractivity (Wildman–Crippen MR) is 59.4 cm³/mol. The first kappa shape index (κ1) is 9.27. The van der Waals surface area contributed by atoms with Crippen LogP contribution in [0.3, 0.4) is 0 Å². The minimum Gasteiger partial charge on any atom is -0.355 e. The van der Waals surface area contributed by atoms with Crippen molar-refractivity contribution in [1.29, 1.82) is 0 Å². The number of fused-ring (bicyclic) bond motifs is 1. The third kappa shape index (κ3) is 1.53. The van der Waals surface area contributed by atoms with Crippen molar-refractivity contribution in [2.75, 3.05) is 7.05 Å². The largest absolute Gasteiger partial charge is 0.355 e. The summed E-state index contributed by atoms with van der Waals surface area (Å²) in [7, 11) is 1.62. The molecule has 0 saturated heterocycles. The lowest BCUT2D eigenvalue weighted by Crippen LogP contribution is -2.17. The Bertz CT molecular complexity index is 490. The molecule has 3 nitrogen and oxygen atoms in total. The summed E-state index contributed by atoms with van der Waals surface area (Å²) in [6.07, 6.45) is 0. The fourth-order valence-electron chi connectivity index (χ4n) is 1.38. The van der Waals surface area contributed by atoms with E-state index >= 15 is 0 Å². The average Bonchev–Trinajstić information content (AvgIpc) is 2.55. The molecular formula is C10H9BrN2O. The molecule has 4 heteroatoms. The molecule has 0 aliphatic carbocycles. The Labute approximate surface area is 89.6 Å². The number of hydrogen-bond acceptors (Lipinski definition) is 1. The third-order valence-corrected chi connectivity index (χ3v) is 2.51. The molecule has 0 bridgehead atoms. The van der Waals surface area contributed by atoms with Crippen molar-refractivity contribution in [3.63, 3.8) is 0 Å². The molecule has 0 saturated carbocycles. The van der Waals surface area contributed by atoms with E-state index < -0.39 is 0 Å². The zero-order chi connectivity index (χ0) is 10.1. The number of benzene rings is 1. The summed E-state index contributed by atoms with van der Waals surface area (Å²) in [6, 6.07) is 7.53. The molecular weight excluding hydrogens is 244 g/mol. The highest BCUT2D eigenvalue weighted by Gasteiger charge is 2.05. The van der Waals surface area contributed by atoms with Crippen molar-refractivity contribution < 1.29 is 4.79 Å². The molecule has 0 fully saturated rings. The maximum Gasteiger partial charge on any atom is 0.251 e. The molecule has 2 N–H and O–H groups in total. The van der Waals surface area contributed by atoms with Crippen LogP contribution < -0.4 is 5.32 Å². The van der Waals surface area contributed by atoms with Crippen molar-refractivity contribution in [3.05, 3.63) is 34.4 Å². The average molecular weight is 253 g/mol. The number of carbonyl (C=O) groups is 1. The van der Waals surface area contributed by atoms with Gasteiger partial charge in [-0.2, -0.15) is 0 Å². The van der Waals surface area contributed by atoms with Gasteiger partial charge in [0.05, 0.1) is 4.60 Å². The lowest BCUT2D eigenvalue weighted by atomic mass is 10.1. The van der Waals surface area contributed by atoms with E-state index in [9.17, 15) is 4.79 Å². The normalized spacial score (nSPS) is 10.4. The highest BCUT2D eigenvalue weighted by molar-refractivity contribution is 9.10. The number of halogens is 1. The lowest BCUT2D eigenvalue weighted by Gasteiger charge is -1.98. The topological polar surface area (TPSA) is 44.9 Å². The monoisotopic (exact) mass is 252 g/mol. The van der Waals surface area contributed by atoms with Crippen molar-refractivity contribution in [2.24, 2.45) is 0 Å². The highest BCUT2D eigenvalue weighted by Crippen LogP contribution is 2.20. The number of aromatic amines is 1. The van der Waals surface area contributed by atoms with Gasteiger partial charge in [0.15, 0.2) is 0 Å². The SMILES string of the molecule is CNC(=O)c1ccc2cc(Br)[nH]c2c1. The van der Waals surface area contributed by atoms with E-state index in [0.29, 0.717) is 5.56 Å². The van der Waals surface area contributed by atoms with Crippen LogP contribution in [0.4, 0.5) is 0 Å². The van der Waals surface area contributed by atoms with Gasteiger partial charge in [-0.15, -0.1) is 0 Å². The lowest BCUT2D eigenvalue weighted by molar-refractivity contribution is 0.0963. The van der Waals surface area contributed by atoms with Crippen LogP contribution in [0.25, 0.3) is 10.9 Å². The first-order chi connectivity index (χ1) is 6.70. The fraction of sp³-hybridized carbons (Fsp3) is 0.100. The number of aromatic nitrogens is 1. The molecule has 1 aromatic heterocycles. The molecule has 0 aliphatic rings. The highest BCUT2D eigenvalue weighted by atomic mass is 79.9. The van der Waals surface area contributed by atoms with E-state index in [4.69, 9.17) is 0 Å². The number of carbonyl (C=O) groups excluding carboxylic acids is 1. The Kier molecular flexibility index (Phi) is 2.29. The van der Waals surface area contributed by atoms with Gasteiger partial charge in [-0.1, -0.05) is 6.07 Å². The van der Waals surface area contributed by atoms with Gasteiger partial charge >= 0.3 is 0 Å². The molecule has 0 radical (unpaired) electrons. The zero-order valence-electron chi connectivity index (χ0n) is 7.60. The van der Waals surface area contributed by atoms with E-state index in [1.807, 2.05) is 18.2 Å². The summed E-state index contributed by atoms with van der Waals surface area (Å²) in [6.45, 7) is 0. The fourth-order valence-corrected chi connectivity index (χ4v) is 1.84. The summed E-state index contributed by atoms with van der Waals surface area (Å²) < 4.78 is 0.918. The van der Waals surface area contributed by atoms with Crippen molar-refractivity contribution >= 4 is 32.7 Å². The second kappa shape index (κ2) is 3.46. The Morgan fingerprint density at radius 3 is 2.93 bits per heavy atom. The van der Waals surface area contributed by atoms with Crippen molar-refractivity contribution in [2.45, 2.75) is 0 Å². The number of nitrogens with one attached hydrogen (secondary N) is 2. The Morgan fingerprint density at radius 2 is 2.21 bits per heavy atom. The van der Waals surface area contributed by atoms with Gasteiger partial charge in [0.25, 0.3) is 5.91 Å². The van der Waals surface area contributed by atoms with Gasteiger partial charge in [-0.3, -0.25) is 4.79 Å². The molecule has 0 unspecified atom stereocenters. The zero-order valence-corrected chi connectivity index (χ0v) is 9.18. The molecule has 0 atom stereocenters. The first-order valence-corrected chi connectivity index (χ1v) is 5.00. The van der Waals surface area contributed by atoms with Gasteiger partial charge in [0, 0.05) is 23.5 Å². The Hall–Kier alpha value is -1.29. The van der Waals surface area contributed by atoms with Crippen molar-refractivity contribution in [3.8, 4) is 0 Å². The predicted octanol–water partition coefficient (Wildman–Crippen LogP) is 2.29. The van der Waals surface area contributed by atoms with E-state index in [1.165, 1.54) is 0 Å². The Morgan fingerprint density at radius 1 is 1.43 bits per heavy atom. The minimum atomic E-state index is -0.0716. The third-order valence-electron chi connectivity index (χ3n) is 2.08. The van der Waals surface area contributed by atoms with Crippen molar-refractivity contribution in [1.82, 2.24) is 10.3 Å². The maximum absolute atomic E-state index is 11.3. The quantitative estimate of drug-likeness (QED) is 0.804. The van der Waals surface area contributed by atoms with E-state index in [1.54, 1.807) is 13.1 Å². The molecule has 1 aromatic carbocycles. The molecule has 1 amide bonds. The van der Waals surface area contributed by atoms with Crippen LogP contribution in [0.1, 0.15) is 10.4 Å². The summed E-state index contributed by atoms with van der Waals surface area (Å²) in [4.78, 5) is 14.4. The molecule has 2 aromatic rings. The smallest absolute Gasteiger partial charge is 0.251 e. The molecule has 1 heterocycles. The molecule has 72 valence electrons.